The highest BCUT2D eigenvalue weighted by Crippen LogP contribution is 2.28. The molecule has 0 saturated heterocycles. The van der Waals surface area contributed by atoms with Crippen LogP contribution in [0.2, 0.25) is 10.0 Å². The van der Waals surface area contributed by atoms with Crippen molar-refractivity contribution in [2.75, 3.05) is 6.54 Å². The first-order valence-corrected chi connectivity index (χ1v) is 9.72. The van der Waals surface area contributed by atoms with Gasteiger partial charge in [0, 0.05) is 33.1 Å². The number of nitrogens with one attached hydrogen (secondary N) is 1. The van der Waals surface area contributed by atoms with E-state index in [4.69, 9.17) is 27.9 Å². The zero-order valence-corrected chi connectivity index (χ0v) is 16.6. The van der Waals surface area contributed by atoms with Crippen molar-refractivity contribution < 1.29 is 9.53 Å². The summed E-state index contributed by atoms with van der Waals surface area (Å²) >= 11 is 13.5. The van der Waals surface area contributed by atoms with Gasteiger partial charge >= 0.3 is 0 Å². The summed E-state index contributed by atoms with van der Waals surface area (Å²) in [5.41, 5.74) is 2.11. The van der Waals surface area contributed by atoms with Crippen molar-refractivity contribution >= 4 is 40.4 Å². The molecule has 0 fully saturated rings. The van der Waals surface area contributed by atoms with E-state index in [0.29, 0.717) is 34.6 Å². The summed E-state index contributed by atoms with van der Waals surface area (Å²) in [4.78, 5) is 16.4. The monoisotopic (exact) mass is 418 g/mol. The summed E-state index contributed by atoms with van der Waals surface area (Å²) in [6.45, 7) is 4.31. The van der Waals surface area contributed by atoms with Crippen molar-refractivity contribution in [1.29, 1.82) is 0 Å². The second-order valence-electron chi connectivity index (χ2n) is 5.59. The first kappa shape index (κ1) is 19.4. The predicted molar refractivity (Wildman–Crippen MR) is 111 cm³/mol. The number of rotatable bonds is 7. The summed E-state index contributed by atoms with van der Waals surface area (Å²) in [5.74, 6) is 0.466. The Labute approximate surface area is 171 Å². The lowest BCUT2D eigenvalue weighted by Crippen LogP contribution is -2.23. The Kier molecular flexibility index (Phi) is 6.50. The van der Waals surface area contributed by atoms with Gasteiger partial charge in [-0.1, -0.05) is 47.5 Å². The van der Waals surface area contributed by atoms with E-state index in [2.05, 4.69) is 16.9 Å². The molecule has 0 atom stereocenters. The van der Waals surface area contributed by atoms with Crippen LogP contribution in [0.3, 0.4) is 0 Å². The molecule has 138 valence electrons. The third kappa shape index (κ3) is 5.10. The molecule has 2 aromatic carbocycles. The number of benzene rings is 2. The van der Waals surface area contributed by atoms with Crippen molar-refractivity contribution in [3.8, 4) is 16.3 Å². The van der Waals surface area contributed by atoms with Gasteiger partial charge in [-0.25, -0.2) is 4.98 Å². The topological polar surface area (TPSA) is 51.2 Å². The van der Waals surface area contributed by atoms with Crippen LogP contribution < -0.4 is 10.1 Å². The number of nitrogens with zero attached hydrogens (tertiary/aromatic N) is 1. The predicted octanol–water partition coefficient (Wildman–Crippen LogP) is 5.61. The van der Waals surface area contributed by atoms with Crippen LogP contribution >= 0.6 is 34.5 Å². The molecule has 1 amide bonds. The number of ether oxygens (including phenoxy) is 1. The molecule has 27 heavy (non-hydrogen) atoms. The average molecular weight is 419 g/mol. The van der Waals surface area contributed by atoms with Gasteiger partial charge in [-0.05, 0) is 24.3 Å². The lowest BCUT2D eigenvalue weighted by molar-refractivity contribution is 0.0954. The summed E-state index contributed by atoms with van der Waals surface area (Å²) in [6, 6.07) is 12.8. The Bertz CT molecular complexity index is 972. The molecule has 0 aliphatic carbocycles. The average Bonchev–Trinajstić information content (AvgIpc) is 3.16. The third-order valence-electron chi connectivity index (χ3n) is 3.63. The number of carbonyl (C=O) groups is 1. The molecule has 0 aliphatic rings. The van der Waals surface area contributed by atoms with Crippen molar-refractivity contribution in [2.45, 2.75) is 6.61 Å². The minimum absolute atomic E-state index is 0.220. The summed E-state index contributed by atoms with van der Waals surface area (Å²) in [6.07, 6.45) is 1.62. The number of hydrogen-bond donors (Lipinski definition) is 1. The van der Waals surface area contributed by atoms with E-state index < -0.39 is 0 Å². The highest BCUT2D eigenvalue weighted by molar-refractivity contribution is 7.13. The molecular formula is C20H16Cl2N2O2S. The second kappa shape index (κ2) is 9.04. The van der Waals surface area contributed by atoms with Crippen molar-refractivity contribution in [2.24, 2.45) is 0 Å². The second-order valence-corrected chi connectivity index (χ2v) is 7.29. The number of carbonyl (C=O) groups excluding carboxylic acids is 1. The Balaban J connectivity index is 1.71. The highest BCUT2D eigenvalue weighted by atomic mass is 35.5. The van der Waals surface area contributed by atoms with Crippen molar-refractivity contribution in [3.05, 3.63) is 81.8 Å². The zero-order chi connectivity index (χ0) is 19.2. The van der Waals surface area contributed by atoms with Gasteiger partial charge in [-0.15, -0.1) is 17.9 Å². The molecule has 0 unspecified atom stereocenters. The fraction of sp³-hybridized carbons (Fsp3) is 0.100. The number of hydrogen-bond acceptors (Lipinski definition) is 4. The standard InChI is InChI=1S/C20H16Cl2N2O2S/c1-2-8-23-19(25)18-12-27-20(24-18)13-4-3-5-16(9-13)26-11-14-6-7-15(21)10-17(14)22/h2-7,9-10,12H,1,8,11H2,(H,23,25). The van der Waals surface area contributed by atoms with Gasteiger partial charge in [0.15, 0.2) is 0 Å². The van der Waals surface area contributed by atoms with E-state index in [1.165, 1.54) is 11.3 Å². The van der Waals surface area contributed by atoms with E-state index >= 15 is 0 Å². The normalized spacial score (nSPS) is 10.4. The molecule has 7 heteroatoms. The minimum Gasteiger partial charge on any atom is -0.489 e. The first-order chi connectivity index (χ1) is 13.1. The van der Waals surface area contributed by atoms with Crippen molar-refractivity contribution in [3.63, 3.8) is 0 Å². The van der Waals surface area contributed by atoms with Crippen LogP contribution in [0.25, 0.3) is 10.6 Å². The quantitative estimate of drug-likeness (QED) is 0.507. The Morgan fingerprint density at radius 1 is 1.26 bits per heavy atom. The van der Waals surface area contributed by atoms with E-state index in [1.807, 2.05) is 30.3 Å². The third-order valence-corrected chi connectivity index (χ3v) is 5.11. The summed E-state index contributed by atoms with van der Waals surface area (Å²) < 4.78 is 5.84. The molecule has 0 spiro atoms. The molecule has 1 aromatic heterocycles. The molecule has 3 rings (SSSR count). The van der Waals surface area contributed by atoms with E-state index in [9.17, 15) is 4.79 Å². The molecule has 3 aromatic rings. The molecule has 0 bridgehead atoms. The van der Waals surface area contributed by atoms with Gasteiger partial charge in [0.05, 0.1) is 0 Å². The number of thiazole rings is 1. The van der Waals surface area contributed by atoms with Gasteiger partial charge < -0.3 is 10.1 Å². The Morgan fingerprint density at radius 2 is 2.11 bits per heavy atom. The molecule has 0 radical (unpaired) electrons. The minimum atomic E-state index is -0.220. The van der Waals surface area contributed by atoms with Crippen LogP contribution in [-0.4, -0.2) is 17.4 Å². The van der Waals surface area contributed by atoms with Crippen LogP contribution in [0, 0.1) is 0 Å². The van der Waals surface area contributed by atoms with E-state index in [1.54, 1.807) is 23.6 Å². The lowest BCUT2D eigenvalue weighted by Gasteiger charge is -2.09. The largest absolute Gasteiger partial charge is 0.489 e. The van der Waals surface area contributed by atoms with E-state index in [0.717, 1.165) is 16.1 Å². The molecule has 0 saturated carbocycles. The molecular weight excluding hydrogens is 403 g/mol. The number of amides is 1. The van der Waals surface area contributed by atoms with Gasteiger partial charge in [-0.2, -0.15) is 0 Å². The molecule has 1 heterocycles. The van der Waals surface area contributed by atoms with Crippen LogP contribution in [-0.2, 0) is 6.61 Å². The Morgan fingerprint density at radius 3 is 2.89 bits per heavy atom. The SMILES string of the molecule is C=CCNC(=O)c1csc(-c2cccc(OCc3ccc(Cl)cc3Cl)c2)n1. The first-order valence-electron chi connectivity index (χ1n) is 8.08. The highest BCUT2D eigenvalue weighted by Gasteiger charge is 2.12. The van der Waals surface area contributed by atoms with E-state index in [-0.39, 0.29) is 5.91 Å². The lowest BCUT2D eigenvalue weighted by atomic mass is 10.2. The van der Waals surface area contributed by atoms with Crippen LogP contribution in [0.15, 0.2) is 60.5 Å². The van der Waals surface area contributed by atoms with Gasteiger partial charge in [-0.3, -0.25) is 4.79 Å². The Hall–Kier alpha value is -2.34. The fourth-order valence-corrected chi connectivity index (χ4v) is 3.54. The summed E-state index contributed by atoms with van der Waals surface area (Å²) in [7, 11) is 0. The van der Waals surface area contributed by atoms with Gasteiger partial charge in [0.25, 0.3) is 5.91 Å². The van der Waals surface area contributed by atoms with Gasteiger partial charge in [0.2, 0.25) is 0 Å². The smallest absolute Gasteiger partial charge is 0.271 e. The fourth-order valence-electron chi connectivity index (χ4n) is 2.28. The maximum Gasteiger partial charge on any atom is 0.271 e. The molecule has 4 nitrogen and oxygen atoms in total. The number of halogens is 2. The maximum atomic E-state index is 12.0. The zero-order valence-electron chi connectivity index (χ0n) is 14.2. The van der Waals surface area contributed by atoms with Crippen LogP contribution in [0.1, 0.15) is 16.1 Å². The van der Waals surface area contributed by atoms with Crippen molar-refractivity contribution in [1.82, 2.24) is 10.3 Å². The van der Waals surface area contributed by atoms with Gasteiger partial charge in [0.1, 0.15) is 23.1 Å². The van der Waals surface area contributed by atoms with Crippen LogP contribution in [0.5, 0.6) is 5.75 Å². The summed E-state index contributed by atoms with van der Waals surface area (Å²) in [5, 5.41) is 6.34. The number of aromatic nitrogens is 1. The van der Waals surface area contributed by atoms with Crippen LogP contribution in [0.4, 0.5) is 0 Å². The molecule has 0 aliphatic heterocycles. The maximum absolute atomic E-state index is 12.0. The molecule has 1 N–H and O–H groups in total.